The lowest BCUT2D eigenvalue weighted by molar-refractivity contribution is -0.156. The molecular weight excluding hydrogens is 394 g/mol. The molecule has 3 amide bonds. The lowest BCUT2D eigenvalue weighted by atomic mass is 10.1. The molecule has 2 aliphatic heterocycles. The number of rotatable bonds is 5. The molecule has 0 aromatic heterocycles. The predicted octanol–water partition coefficient (Wildman–Crippen LogP) is 2.05. The highest BCUT2D eigenvalue weighted by atomic mass is 35.5. The third-order valence-electron chi connectivity index (χ3n) is 5.19. The molecule has 2 heterocycles. The van der Waals surface area contributed by atoms with Crippen molar-refractivity contribution in [2.24, 2.45) is 5.92 Å². The smallest absolute Gasteiger partial charge is 0.257 e. The second kappa shape index (κ2) is 9.96. The van der Waals surface area contributed by atoms with Crippen molar-refractivity contribution >= 4 is 30.1 Å². The number of amides is 3. The molecule has 1 aromatic carbocycles. The van der Waals surface area contributed by atoms with E-state index in [0.717, 1.165) is 0 Å². The Labute approximate surface area is 178 Å². The molecule has 0 radical (unpaired) electrons. The van der Waals surface area contributed by atoms with Crippen LogP contribution in [0.1, 0.15) is 37.6 Å². The van der Waals surface area contributed by atoms with Crippen LogP contribution in [0.5, 0.6) is 5.75 Å². The Kier molecular flexibility index (Phi) is 7.90. The summed E-state index contributed by atoms with van der Waals surface area (Å²) in [5.41, 5.74) is 0.517. The Bertz CT molecular complexity index is 755. The van der Waals surface area contributed by atoms with Crippen molar-refractivity contribution < 1.29 is 19.1 Å². The molecule has 2 fully saturated rings. The lowest BCUT2D eigenvalue weighted by Gasteiger charge is -2.39. The Morgan fingerprint density at radius 3 is 2.59 bits per heavy atom. The molecule has 2 aliphatic rings. The van der Waals surface area contributed by atoms with E-state index in [2.05, 4.69) is 0 Å². The predicted molar refractivity (Wildman–Crippen MR) is 112 cm³/mol. The number of nitrogens with zero attached hydrogens (tertiary/aromatic N) is 3. The fraction of sp³-hybridized carbons (Fsp3) is 0.571. The van der Waals surface area contributed by atoms with Gasteiger partial charge in [-0.1, -0.05) is 26.0 Å². The van der Waals surface area contributed by atoms with Crippen LogP contribution in [0.25, 0.3) is 0 Å². The number of piperazine rings is 1. The number of fused-ring (bicyclic) bond motifs is 1. The molecule has 29 heavy (non-hydrogen) atoms. The van der Waals surface area contributed by atoms with Crippen LogP contribution < -0.4 is 4.74 Å². The summed E-state index contributed by atoms with van der Waals surface area (Å²) in [6.45, 7) is 8.39. The summed E-state index contributed by atoms with van der Waals surface area (Å²) in [6, 6.07) is 6.72. The lowest BCUT2D eigenvalue weighted by Crippen LogP contribution is -2.60. The maximum Gasteiger partial charge on any atom is 0.257 e. The van der Waals surface area contributed by atoms with Gasteiger partial charge in [0, 0.05) is 26.2 Å². The number of para-hydroxylation sites is 1. The molecule has 8 heteroatoms. The van der Waals surface area contributed by atoms with Gasteiger partial charge >= 0.3 is 0 Å². The van der Waals surface area contributed by atoms with Crippen LogP contribution in [0.2, 0.25) is 0 Å². The normalized spacial score (nSPS) is 19.6. The Balaban J connectivity index is 0.00000300. The highest BCUT2D eigenvalue weighted by Gasteiger charge is 2.41. The molecule has 1 aromatic rings. The van der Waals surface area contributed by atoms with Crippen molar-refractivity contribution in [3.05, 3.63) is 29.8 Å². The first-order valence-corrected chi connectivity index (χ1v) is 10.0. The van der Waals surface area contributed by atoms with Gasteiger partial charge in [-0.05, 0) is 31.4 Å². The summed E-state index contributed by atoms with van der Waals surface area (Å²) >= 11 is 0. The molecule has 0 spiro atoms. The second-order valence-corrected chi connectivity index (χ2v) is 7.73. The first-order valence-electron chi connectivity index (χ1n) is 10.0. The zero-order valence-electron chi connectivity index (χ0n) is 17.3. The van der Waals surface area contributed by atoms with Gasteiger partial charge < -0.3 is 19.4 Å². The van der Waals surface area contributed by atoms with E-state index < -0.39 is 6.04 Å². The fourth-order valence-corrected chi connectivity index (χ4v) is 3.92. The van der Waals surface area contributed by atoms with Crippen LogP contribution in [0.4, 0.5) is 0 Å². The zero-order chi connectivity index (χ0) is 20.3. The zero-order valence-corrected chi connectivity index (χ0v) is 18.1. The summed E-state index contributed by atoms with van der Waals surface area (Å²) in [5, 5.41) is 0. The summed E-state index contributed by atoms with van der Waals surface area (Å²) in [5.74, 6) is 0.712. The molecule has 2 saturated heterocycles. The molecule has 0 N–H and O–H groups in total. The van der Waals surface area contributed by atoms with Crippen molar-refractivity contribution in [2.45, 2.75) is 33.2 Å². The van der Waals surface area contributed by atoms with Gasteiger partial charge in [-0.2, -0.15) is 0 Å². The Morgan fingerprint density at radius 2 is 1.90 bits per heavy atom. The van der Waals surface area contributed by atoms with Crippen molar-refractivity contribution in [2.75, 3.05) is 39.3 Å². The van der Waals surface area contributed by atoms with E-state index in [0.29, 0.717) is 56.4 Å². The second-order valence-electron chi connectivity index (χ2n) is 7.73. The molecule has 0 aliphatic carbocycles. The largest absolute Gasteiger partial charge is 0.493 e. The van der Waals surface area contributed by atoms with Crippen molar-refractivity contribution in [3.8, 4) is 5.75 Å². The molecule has 0 bridgehead atoms. The third kappa shape index (κ3) is 5.01. The summed E-state index contributed by atoms with van der Waals surface area (Å²) in [6.07, 6.45) is 0.460. The maximum absolute atomic E-state index is 13.1. The molecular formula is C21H30ClN3O4. The van der Waals surface area contributed by atoms with E-state index in [4.69, 9.17) is 4.74 Å². The molecule has 3 rings (SSSR count). The van der Waals surface area contributed by atoms with Crippen molar-refractivity contribution in [3.63, 3.8) is 0 Å². The average Bonchev–Trinajstić information content (AvgIpc) is 2.89. The monoisotopic (exact) mass is 423 g/mol. The van der Waals surface area contributed by atoms with Crippen LogP contribution in [0.3, 0.4) is 0 Å². The SMILES string of the molecule is CCOc1ccccc1C(=O)N1CCC2C(=O)N(CC(C)C)CC(=O)N2CC1.Cl. The number of carbonyl (C=O) groups excluding carboxylic acids is 3. The van der Waals surface area contributed by atoms with E-state index in [1.807, 2.05) is 32.9 Å². The minimum atomic E-state index is -0.472. The van der Waals surface area contributed by atoms with Crippen LogP contribution >= 0.6 is 12.4 Å². The number of carbonyl (C=O) groups is 3. The molecule has 160 valence electrons. The minimum Gasteiger partial charge on any atom is -0.493 e. The Hall–Kier alpha value is -2.28. The molecule has 0 saturated carbocycles. The van der Waals surface area contributed by atoms with Crippen LogP contribution in [0, 0.1) is 5.92 Å². The topological polar surface area (TPSA) is 70.2 Å². The summed E-state index contributed by atoms with van der Waals surface area (Å²) in [4.78, 5) is 43.6. The molecule has 1 unspecified atom stereocenters. The number of hydrogen-bond acceptors (Lipinski definition) is 4. The average molecular weight is 424 g/mol. The number of hydrogen-bond donors (Lipinski definition) is 0. The minimum absolute atomic E-state index is 0. The van der Waals surface area contributed by atoms with Gasteiger partial charge in [0.25, 0.3) is 5.91 Å². The number of benzene rings is 1. The van der Waals surface area contributed by atoms with E-state index >= 15 is 0 Å². The van der Waals surface area contributed by atoms with Gasteiger partial charge in [-0.15, -0.1) is 12.4 Å². The van der Waals surface area contributed by atoms with Gasteiger partial charge in [0.05, 0.1) is 18.7 Å². The van der Waals surface area contributed by atoms with Crippen LogP contribution in [0.15, 0.2) is 24.3 Å². The Morgan fingerprint density at radius 1 is 1.17 bits per heavy atom. The van der Waals surface area contributed by atoms with E-state index in [9.17, 15) is 14.4 Å². The quantitative estimate of drug-likeness (QED) is 0.726. The van der Waals surface area contributed by atoms with Gasteiger partial charge in [0.1, 0.15) is 11.8 Å². The summed E-state index contributed by atoms with van der Waals surface area (Å²) < 4.78 is 5.59. The fourth-order valence-electron chi connectivity index (χ4n) is 3.92. The highest BCUT2D eigenvalue weighted by molar-refractivity contribution is 5.98. The van der Waals surface area contributed by atoms with Crippen LogP contribution in [-0.2, 0) is 9.59 Å². The van der Waals surface area contributed by atoms with Crippen LogP contribution in [-0.4, -0.2) is 77.8 Å². The van der Waals surface area contributed by atoms with Gasteiger partial charge in [0.15, 0.2) is 0 Å². The molecule has 1 atom stereocenters. The van der Waals surface area contributed by atoms with E-state index in [1.54, 1.807) is 26.8 Å². The maximum atomic E-state index is 13.1. The van der Waals surface area contributed by atoms with Crippen molar-refractivity contribution in [1.29, 1.82) is 0 Å². The standard InChI is InChI=1S/C21H29N3O4.ClH/c1-4-28-18-8-6-5-7-16(18)20(26)22-10-9-17-21(27)23(13-15(2)3)14-19(25)24(17)12-11-22;/h5-8,15,17H,4,9-14H2,1-3H3;1H. The molecule has 7 nitrogen and oxygen atoms in total. The van der Waals surface area contributed by atoms with E-state index in [-0.39, 0.29) is 36.7 Å². The first kappa shape index (κ1) is 23.0. The number of halogens is 1. The van der Waals surface area contributed by atoms with E-state index in [1.165, 1.54) is 0 Å². The first-order chi connectivity index (χ1) is 13.4. The highest BCUT2D eigenvalue weighted by Crippen LogP contribution is 2.24. The van der Waals surface area contributed by atoms with Crippen molar-refractivity contribution in [1.82, 2.24) is 14.7 Å². The number of ether oxygens (including phenoxy) is 1. The van der Waals surface area contributed by atoms with Gasteiger partial charge in [-0.25, -0.2) is 0 Å². The third-order valence-corrected chi connectivity index (χ3v) is 5.19. The van der Waals surface area contributed by atoms with Gasteiger partial charge in [-0.3, -0.25) is 14.4 Å². The van der Waals surface area contributed by atoms with Gasteiger partial charge in [0.2, 0.25) is 11.8 Å². The summed E-state index contributed by atoms with van der Waals surface area (Å²) in [7, 11) is 0.